The van der Waals surface area contributed by atoms with Crippen molar-refractivity contribution in [3.8, 4) is 11.5 Å². The Hall–Kier alpha value is -2.33. The summed E-state index contributed by atoms with van der Waals surface area (Å²) >= 11 is 0. The molecule has 0 aliphatic heterocycles. The summed E-state index contributed by atoms with van der Waals surface area (Å²) in [5.74, 6) is 0.752. The Kier molecular flexibility index (Phi) is 18.1. The first-order valence-corrected chi connectivity index (χ1v) is 16.3. The van der Waals surface area contributed by atoms with Crippen LogP contribution in [-0.2, 0) is 4.74 Å². The van der Waals surface area contributed by atoms with Crippen molar-refractivity contribution < 1.29 is 19.0 Å². The highest BCUT2D eigenvalue weighted by atomic mass is 16.6. The average Bonchev–Trinajstić information content (AvgIpc) is 2.97. The number of benzene rings is 2. The highest BCUT2D eigenvalue weighted by Crippen LogP contribution is 2.30. The number of unbranched alkanes of at least 4 members (excludes halogenated alkanes) is 11. The molecule has 2 unspecified atom stereocenters. The fourth-order valence-electron chi connectivity index (χ4n) is 5.01. The van der Waals surface area contributed by atoms with Crippen LogP contribution < -0.4 is 9.47 Å². The van der Waals surface area contributed by atoms with Crippen molar-refractivity contribution >= 4 is 5.97 Å². The van der Waals surface area contributed by atoms with Gasteiger partial charge in [0.05, 0.1) is 17.8 Å². The van der Waals surface area contributed by atoms with E-state index in [9.17, 15) is 4.79 Å². The number of para-hydroxylation sites is 2. The summed E-state index contributed by atoms with van der Waals surface area (Å²) < 4.78 is 18.2. The van der Waals surface area contributed by atoms with Crippen LogP contribution in [0.5, 0.6) is 11.5 Å². The average molecular weight is 553 g/mol. The SMILES string of the molecule is CCCCCCCCCCCC(CCC)Oc1ccccc1OC(=O)c1ccc(C(C)OCCCCCC)cc1. The lowest BCUT2D eigenvalue weighted by Gasteiger charge is -2.20. The first kappa shape index (κ1) is 33.9. The normalized spacial score (nSPS) is 12.7. The Bertz CT molecular complexity index is 907. The lowest BCUT2D eigenvalue weighted by Crippen LogP contribution is -2.17. The predicted octanol–water partition coefficient (Wildman–Crippen LogP) is 11.0. The minimum atomic E-state index is -0.373. The van der Waals surface area contributed by atoms with E-state index in [4.69, 9.17) is 14.2 Å². The van der Waals surface area contributed by atoms with E-state index in [1.54, 1.807) is 0 Å². The van der Waals surface area contributed by atoms with Crippen molar-refractivity contribution in [3.05, 3.63) is 59.7 Å². The van der Waals surface area contributed by atoms with Crippen LogP contribution in [0.4, 0.5) is 0 Å². The molecule has 0 spiro atoms. The Morgan fingerprint density at radius 1 is 0.650 bits per heavy atom. The second kappa shape index (κ2) is 21.4. The van der Waals surface area contributed by atoms with Crippen molar-refractivity contribution in [1.82, 2.24) is 0 Å². The molecule has 40 heavy (non-hydrogen) atoms. The highest BCUT2D eigenvalue weighted by molar-refractivity contribution is 5.91. The fraction of sp³-hybridized carbons (Fsp3) is 0.639. The minimum Gasteiger partial charge on any atom is -0.487 e. The number of hydrogen-bond donors (Lipinski definition) is 0. The van der Waals surface area contributed by atoms with E-state index in [1.165, 1.54) is 77.0 Å². The Morgan fingerprint density at radius 2 is 1.23 bits per heavy atom. The molecule has 0 aliphatic rings. The lowest BCUT2D eigenvalue weighted by molar-refractivity contribution is 0.0626. The molecule has 0 heterocycles. The zero-order valence-corrected chi connectivity index (χ0v) is 25.9. The summed E-state index contributed by atoms with van der Waals surface area (Å²) in [5.41, 5.74) is 1.59. The van der Waals surface area contributed by atoms with Crippen molar-refractivity contribution in [2.75, 3.05) is 6.61 Å². The van der Waals surface area contributed by atoms with Gasteiger partial charge in [-0.1, -0.05) is 122 Å². The summed E-state index contributed by atoms with van der Waals surface area (Å²) in [6, 6.07) is 15.1. The van der Waals surface area contributed by atoms with Gasteiger partial charge in [-0.15, -0.1) is 0 Å². The molecule has 0 saturated carbocycles. The highest BCUT2D eigenvalue weighted by Gasteiger charge is 2.17. The molecule has 2 atom stereocenters. The molecule has 0 saturated heterocycles. The van der Waals surface area contributed by atoms with Crippen molar-refractivity contribution in [1.29, 1.82) is 0 Å². The van der Waals surface area contributed by atoms with Gasteiger partial charge in [-0.25, -0.2) is 4.79 Å². The molecule has 0 N–H and O–H groups in total. The topological polar surface area (TPSA) is 44.8 Å². The van der Waals surface area contributed by atoms with Gasteiger partial charge in [0.25, 0.3) is 0 Å². The molecule has 0 amide bonds. The second-order valence-electron chi connectivity index (χ2n) is 11.2. The van der Waals surface area contributed by atoms with E-state index in [-0.39, 0.29) is 18.2 Å². The summed E-state index contributed by atoms with van der Waals surface area (Å²) in [6.07, 6.45) is 19.9. The van der Waals surface area contributed by atoms with E-state index in [0.717, 1.165) is 37.9 Å². The summed E-state index contributed by atoms with van der Waals surface area (Å²) in [7, 11) is 0. The number of ether oxygens (including phenoxy) is 3. The van der Waals surface area contributed by atoms with E-state index in [1.807, 2.05) is 48.5 Å². The zero-order valence-electron chi connectivity index (χ0n) is 25.9. The van der Waals surface area contributed by atoms with Crippen molar-refractivity contribution in [2.24, 2.45) is 0 Å². The summed E-state index contributed by atoms with van der Waals surface area (Å²) in [5, 5.41) is 0. The predicted molar refractivity (Wildman–Crippen MR) is 168 cm³/mol. The van der Waals surface area contributed by atoms with Gasteiger partial charge in [0.1, 0.15) is 0 Å². The number of carbonyl (C=O) groups excluding carboxylic acids is 1. The van der Waals surface area contributed by atoms with Crippen LogP contribution in [-0.4, -0.2) is 18.7 Å². The molecule has 4 nitrogen and oxygen atoms in total. The Morgan fingerprint density at radius 3 is 1.85 bits per heavy atom. The van der Waals surface area contributed by atoms with Crippen LogP contribution in [0, 0.1) is 0 Å². The molecular formula is C36H56O4. The minimum absolute atomic E-state index is 0.00196. The first-order chi connectivity index (χ1) is 19.6. The van der Waals surface area contributed by atoms with Gasteiger partial charge in [-0.2, -0.15) is 0 Å². The van der Waals surface area contributed by atoms with Crippen LogP contribution in [0.2, 0.25) is 0 Å². The van der Waals surface area contributed by atoms with Crippen LogP contribution in [0.25, 0.3) is 0 Å². The maximum atomic E-state index is 13.0. The smallest absolute Gasteiger partial charge is 0.343 e. The van der Waals surface area contributed by atoms with Crippen molar-refractivity contribution in [2.45, 2.75) is 143 Å². The fourth-order valence-corrected chi connectivity index (χ4v) is 5.01. The van der Waals surface area contributed by atoms with E-state index < -0.39 is 0 Å². The standard InChI is InChI=1S/C36H56O4/c1-5-8-10-12-13-14-15-16-17-22-33(21-7-3)39-34-23-18-19-24-35(34)40-36(37)32-27-25-31(26-28-32)30(4)38-29-20-11-9-6-2/h18-19,23-28,30,33H,5-17,20-22,29H2,1-4H3. The third kappa shape index (κ3) is 13.8. The summed E-state index contributed by atoms with van der Waals surface area (Å²) in [4.78, 5) is 13.0. The van der Waals surface area contributed by atoms with Gasteiger partial charge < -0.3 is 14.2 Å². The maximum Gasteiger partial charge on any atom is 0.343 e. The molecule has 2 aromatic carbocycles. The first-order valence-electron chi connectivity index (χ1n) is 16.3. The van der Waals surface area contributed by atoms with Crippen LogP contribution in [0.3, 0.4) is 0 Å². The van der Waals surface area contributed by atoms with Gasteiger partial charge in [-0.05, 0) is 62.4 Å². The number of hydrogen-bond acceptors (Lipinski definition) is 4. The van der Waals surface area contributed by atoms with Gasteiger partial charge in [0, 0.05) is 6.61 Å². The molecule has 0 aliphatic carbocycles. The summed E-state index contributed by atoms with van der Waals surface area (Å²) in [6.45, 7) is 9.50. The zero-order chi connectivity index (χ0) is 28.8. The van der Waals surface area contributed by atoms with Crippen molar-refractivity contribution in [3.63, 3.8) is 0 Å². The third-order valence-electron chi connectivity index (χ3n) is 7.57. The molecule has 2 rings (SSSR count). The van der Waals surface area contributed by atoms with E-state index in [0.29, 0.717) is 17.1 Å². The third-order valence-corrected chi connectivity index (χ3v) is 7.57. The lowest BCUT2D eigenvalue weighted by atomic mass is 10.0. The molecule has 4 heteroatoms. The maximum absolute atomic E-state index is 13.0. The Balaban J connectivity index is 1.84. The number of carbonyl (C=O) groups is 1. The van der Waals surface area contributed by atoms with E-state index >= 15 is 0 Å². The second-order valence-corrected chi connectivity index (χ2v) is 11.2. The monoisotopic (exact) mass is 552 g/mol. The van der Waals surface area contributed by atoms with Crippen LogP contribution >= 0.6 is 0 Å². The van der Waals surface area contributed by atoms with E-state index in [2.05, 4.69) is 27.7 Å². The molecular weight excluding hydrogens is 496 g/mol. The van der Waals surface area contributed by atoms with Gasteiger partial charge in [0.2, 0.25) is 0 Å². The van der Waals surface area contributed by atoms with Gasteiger partial charge >= 0.3 is 5.97 Å². The number of rotatable bonds is 23. The Labute approximate surface area is 245 Å². The van der Waals surface area contributed by atoms with Gasteiger partial charge in [0.15, 0.2) is 11.5 Å². The molecule has 224 valence electrons. The molecule has 0 bridgehead atoms. The quantitative estimate of drug-likeness (QED) is 0.0781. The number of esters is 1. The largest absolute Gasteiger partial charge is 0.487 e. The molecule has 0 radical (unpaired) electrons. The molecule has 0 aromatic heterocycles. The van der Waals surface area contributed by atoms with Crippen LogP contribution in [0.1, 0.15) is 152 Å². The van der Waals surface area contributed by atoms with Crippen LogP contribution in [0.15, 0.2) is 48.5 Å². The molecule has 0 fully saturated rings. The molecule has 2 aromatic rings. The van der Waals surface area contributed by atoms with Gasteiger partial charge in [-0.3, -0.25) is 0 Å².